The Bertz CT molecular complexity index is 1330. The van der Waals surface area contributed by atoms with Crippen LogP contribution in [0, 0.1) is 0 Å². The van der Waals surface area contributed by atoms with Gasteiger partial charge in [0.25, 0.3) is 0 Å². The van der Waals surface area contributed by atoms with E-state index in [4.69, 9.17) is 22.3 Å². The Morgan fingerprint density at radius 1 is 1.19 bits per heavy atom. The molecule has 5 rings (SSSR count). The number of rotatable bonds is 4. The highest BCUT2D eigenvalue weighted by atomic mass is 35.5. The largest absolute Gasteiger partial charge is 0.383 e. The molecule has 0 bridgehead atoms. The predicted molar refractivity (Wildman–Crippen MR) is 117 cm³/mol. The van der Waals surface area contributed by atoms with E-state index in [1.54, 1.807) is 29.8 Å². The zero-order chi connectivity index (χ0) is 21.8. The average molecular weight is 435 g/mol. The fraction of sp³-hybridized carbons (Fsp3) is 0.238. The number of halogens is 1. The molecule has 10 heteroatoms. The zero-order valence-corrected chi connectivity index (χ0v) is 17.7. The van der Waals surface area contributed by atoms with Gasteiger partial charge in [-0.1, -0.05) is 37.1 Å². The molecule has 0 radical (unpaired) electrons. The van der Waals surface area contributed by atoms with Crippen molar-refractivity contribution in [1.82, 2.24) is 29.5 Å². The van der Waals surface area contributed by atoms with Gasteiger partial charge in [-0.25, -0.2) is 24.5 Å². The molecule has 1 unspecified atom stereocenters. The van der Waals surface area contributed by atoms with Gasteiger partial charge in [-0.05, 0) is 31.0 Å². The molecule has 31 heavy (non-hydrogen) atoms. The highest BCUT2D eigenvalue weighted by molar-refractivity contribution is 6.30. The topological polar surface area (TPSA) is 124 Å². The van der Waals surface area contributed by atoms with Crippen LogP contribution < -0.4 is 11.1 Å². The summed E-state index contributed by atoms with van der Waals surface area (Å²) in [7, 11) is 0. The quantitative estimate of drug-likeness (QED) is 0.505. The maximum absolute atomic E-state index is 13.0. The van der Waals surface area contributed by atoms with Gasteiger partial charge in [0.05, 0.1) is 17.5 Å². The summed E-state index contributed by atoms with van der Waals surface area (Å²) in [6.45, 7) is 3.87. The normalized spacial score (nSPS) is 17.7. The molecule has 3 N–H and O–H groups in total. The standard InChI is InChI=1S/C21H19ClN8O/c1-3-4-13-19-24-10-25-30(19)9-14(26-13)17-27-16(23)15-18(28-17)29-20(31)21(15,2)11-5-7-12(22)8-6-11/h5-10H,3-4H2,1-2H3,(H3,23,27,28,29,31). The Labute approximate surface area is 182 Å². The van der Waals surface area contributed by atoms with Crippen LogP contribution >= 0.6 is 11.6 Å². The summed E-state index contributed by atoms with van der Waals surface area (Å²) >= 11 is 6.02. The second-order valence-corrected chi connectivity index (χ2v) is 8.03. The number of benzene rings is 1. The predicted octanol–water partition coefficient (Wildman–Crippen LogP) is 3.03. The third-order valence-electron chi connectivity index (χ3n) is 5.59. The third kappa shape index (κ3) is 2.92. The smallest absolute Gasteiger partial charge is 0.240 e. The van der Waals surface area contributed by atoms with Crippen molar-refractivity contribution in [3.63, 3.8) is 0 Å². The van der Waals surface area contributed by atoms with Gasteiger partial charge in [-0.2, -0.15) is 5.10 Å². The number of nitrogens with zero attached hydrogens (tertiary/aromatic N) is 6. The van der Waals surface area contributed by atoms with E-state index < -0.39 is 5.41 Å². The molecule has 0 saturated carbocycles. The highest BCUT2D eigenvalue weighted by Crippen LogP contribution is 2.45. The van der Waals surface area contributed by atoms with Gasteiger partial charge >= 0.3 is 0 Å². The SMILES string of the molecule is CCCc1nc(-c2nc(N)c3c(n2)NC(=O)C3(C)c2ccc(Cl)cc2)cn2ncnc12. The van der Waals surface area contributed by atoms with E-state index in [2.05, 4.69) is 32.3 Å². The number of hydrogen-bond acceptors (Lipinski definition) is 7. The lowest BCUT2D eigenvalue weighted by molar-refractivity contribution is -0.119. The molecule has 4 aromatic rings. The molecule has 1 amide bonds. The van der Waals surface area contributed by atoms with Crippen molar-refractivity contribution in [2.24, 2.45) is 0 Å². The van der Waals surface area contributed by atoms with Crippen molar-refractivity contribution in [2.75, 3.05) is 11.1 Å². The van der Waals surface area contributed by atoms with Crippen LogP contribution in [-0.2, 0) is 16.6 Å². The van der Waals surface area contributed by atoms with E-state index in [-0.39, 0.29) is 11.7 Å². The molecule has 1 atom stereocenters. The van der Waals surface area contributed by atoms with Crippen molar-refractivity contribution in [1.29, 1.82) is 0 Å². The maximum atomic E-state index is 13.0. The molecule has 3 aromatic heterocycles. The molecular formula is C21H19ClN8O. The van der Waals surface area contributed by atoms with Crippen molar-refractivity contribution in [2.45, 2.75) is 32.1 Å². The number of amides is 1. The molecule has 0 saturated heterocycles. The molecule has 156 valence electrons. The Balaban J connectivity index is 1.66. The zero-order valence-electron chi connectivity index (χ0n) is 16.9. The van der Waals surface area contributed by atoms with E-state index in [9.17, 15) is 4.79 Å². The van der Waals surface area contributed by atoms with Crippen LogP contribution in [0.1, 0.15) is 37.1 Å². The number of carbonyl (C=O) groups is 1. The minimum Gasteiger partial charge on any atom is -0.383 e. The Morgan fingerprint density at radius 3 is 2.71 bits per heavy atom. The molecule has 1 aromatic carbocycles. The van der Waals surface area contributed by atoms with Crippen LogP contribution in [0.3, 0.4) is 0 Å². The highest BCUT2D eigenvalue weighted by Gasteiger charge is 2.47. The number of fused-ring (bicyclic) bond motifs is 2. The number of aryl methyl sites for hydroxylation is 1. The first-order chi connectivity index (χ1) is 14.9. The van der Waals surface area contributed by atoms with Gasteiger partial charge in [-0.3, -0.25) is 4.79 Å². The number of nitrogens with one attached hydrogen (secondary N) is 1. The van der Waals surface area contributed by atoms with Gasteiger partial charge in [0, 0.05) is 5.02 Å². The number of nitrogen functional groups attached to an aromatic ring is 1. The number of aromatic nitrogens is 6. The summed E-state index contributed by atoms with van der Waals surface area (Å²) in [5.74, 6) is 0.678. The molecule has 0 spiro atoms. The van der Waals surface area contributed by atoms with Crippen LogP contribution in [0.2, 0.25) is 5.02 Å². The minimum atomic E-state index is -1.03. The fourth-order valence-electron chi connectivity index (χ4n) is 3.98. The number of carbonyl (C=O) groups excluding carboxylic acids is 1. The summed E-state index contributed by atoms with van der Waals surface area (Å²) in [5, 5.41) is 7.67. The number of nitrogens with two attached hydrogens (primary N) is 1. The summed E-state index contributed by atoms with van der Waals surface area (Å²) < 4.78 is 1.65. The van der Waals surface area contributed by atoms with Crippen molar-refractivity contribution >= 4 is 34.8 Å². The fourth-order valence-corrected chi connectivity index (χ4v) is 4.11. The Hall–Kier alpha value is -3.59. The second-order valence-electron chi connectivity index (χ2n) is 7.59. The van der Waals surface area contributed by atoms with Gasteiger partial charge in [0.2, 0.25) is 5.91 Å². The molecule has 1 aliphatic rings. The van der Waals surface area contributed by atoms with Crippen molar-refractivity contribution in [3.05, 3.63) is 58.6 Å². The van der Waals surface area contributed by atoms with Gasteiger partial charge < -0.3 is 11.1 Å². The first-order valence-electron chi connectivity index (χ1n) is 9.87. The van der Waals surface area contributed by atoms with Crippen LogP contribution in [0.4, 0.5) is 11.6 Å². The molecule has 9 nitrogen and oxygen atoms in total. The lowest BCUT2D eigenvalue weighted by Gasteiger charge is -2.23. The monoisotopic (exact) mass is 434 g/mol. The van der Waals surface area contributed by atoms with Crippen LogP contribution in [0.25, 0.3) is 17.2 Å². The van der Waals surface area contributed by atoms with Crippen molar-refractivity contribution in [3.8, 4) is 11.5 Å². The van der Waals surface area contributed by atoms with Crippen LogP contribution in [-0.4, -0.2) is 35.5 Å². The van der Waals surface area contributed by atoms with Gasteiger partial charge in [0.15, 0.2) is 11.5 Å². The first kappa shape index (κ1) is 19.4. The molecule has 0 aliphatic carbocycles. The first-order valence-corrected chi connectivity index (χ1v) is 10.2. The van der Waals surface area contributed by atoms with E-state index in [0.717, 1.165) is 24.1 Å². The summed E-state index contributed by atoms with van der Waals surface area (Å²) in [4.78, 5) is 31.1. The summed E-state index contributed by atoms with van der Waals surface area (Å²) in [6.07, 6.45) is 4.83. The Morgan fingerprint density at radius 2 is 1.97 bits per heavy atom. The maximum Gasteiger partial charge on any atom is 0.240 e. The second kappa shape index (κ2) is 6.98. The summed E-state index contributed by atoms with van der Waals surface area (Å²) in [6, 6.07) is 7.10. The minimum absolute atomic E-state index is 0.216. The average Bonchev–Trinajstić information content (AvgIpc) is 3.32. The van der Waals surface area contributed by atoms with Gasteiger partial charge in [-0.15, -0.1) is 0 Å². The molecule has 1 aliphatic heterocycles. The van der Waals surface area contributed by atoms with Crippen molar-refractivity contribution < 1.29 is 4.79 Å². The lowest BCUT2D eigenvalue weighted by Crippen LogP contribution is -2.32. The van der Waals surface area contributed by atoms with Crippen LogP contribution in [0.5, 0.6) is 0 Å². The van der Waals surface area contributed by atoms with Crippen LogP contribution in [0.15, 0.2) is 36.8 Å². The number of anilines is 2. The summed E-state index contributed by atoms with van der Waals surface area (Å²) in [5.41, 5.74) is 8.64. The third-order valence-corrected chi connectivity index (χ3v) is 5.84. The van der Waals surface area contributed by atoms with E-state index in [1.807, 2.05) is 12.1 Å². The van der Waals surface area contributed by atoms with E-state index in [1.165, 1.54) is 6.33 Å². The lowest BCUT2D eigenvalue weighted by atomic mass is 9.78. The number of hydrogen-bond donors (Lipinski definition) is 2. The molecule has 4 heterocycles. The van der Waals surface area contributed by atoms with Gasteiger partial charge in [0.1, 0.15) is 29.1 Å². The van der Waals surface area contributed by atoms with E-state index >= 15 is 0 Å². The molecule has 0 fully saturated rings. The van der Waals surface area contributed by atoms with E-state index in [0.29, 0.717) is 33.6 Å². The molecular weight excluding hydrogens is 416 g/mol. The Kier molecular flexibility index (Phi) is 4.37.